The lowest BCUT2D eigenvalue weighted by molar-refractivity contribution is 0.194. The minimum Gasteiger partial charge on any atom is -0.352 e. The number of aromatic amines is 1. The van der Waals surface area contributed by atoms with Crippen LogP contribution in [0.2, 0.25) is 0 Å². The molecule has 0 unspecified atom stereocenters. The molecule has 1 aliphatic rings. The van der Waals surface area contributed by atoms with Crippen molar-refractivity contribution in [2.75, 3.05) is 18.4 Å². The average Bonchev–Trinajstić information content (AvgIpc) is 3.44. The molecule has 3 rings (SSSR count). The van der Waals surface area contributed by atoms with E-state index in [1.54, 1.807) is 20.1 Å². The number of anilines is 1. The van der Waals surface area contributed by atoms with Gasteiger partial charge in [-0.15, -0.1) is 0 Å². The van der Waals surface area contributed by atoms with Crippen LogP contribution in [0.3, 0.4) is 0 Å². The summed E-state index contributed by atoms with van der Waals surface area (Å²) in [6, 6.07) is 0.799. The second kappa shape index (κ2) is 11.1. The molecule has 0 bridgehead atoms. The summed E-state index contributed by atoms with van der Waals surface area (Å²) in [5, 5.41) is 26.5. The van der Waals surface area contributed by atoms with Crippen molar-refractivity contribution in [3.05, 3.63) is 59.1 Å². The van der Waals surface area contributed by atoms with Crippen molar-refractivity contribution in [2.24, 2.45) is 5.10 Å². The number of urea groups is 1. The van der Waals surface area contributed by atoms with Crippen LogP contribution in [0.4, 0.5) is 19.5 Å². The monoisotopic (exact) mass is 481 g/mol. The summed E-state index contributed by atoms with van der Waals surface area (Å²) in [5.74, 6) is -1.01. The van der Waals surface area contributed by atoms with Gasteiger partial charge in [-0.3, -0.25) is 5.10 Å². The first-order chi connectivity index (χ1) is 16.7. The zero-order valence-corrected chi connectivity index (χ0v) is 19.6. The normalized spacial score (nSPS) is 15.8. The smallest absolute Gasteiger partial charge is 0.338 e. The van der Waals surface area contributed by atoms with Gasteiger partial charge in [-0.1, -0.05) is 6.58 Å². The standard InChI is InChI=1S/C23H25F2N9O/c1-13(11-26)9-17(24)10-14(2)19-5-6-30-34(19)23(35)28-8-7-27-22-29-12-18(25)21(31-22)20-15(3)32-33-16(20)4/h6,9-10,12,19H,2,5,7-8H2,1,3-4H3,(H,28,35)(H,32,33)(H,27,29,31)/b13-9+,17-10+/t19-/m0/s1. The number of nitrogens with zero attached hydrogens (tertiary/aromatic N) is 6. The van der Waals surface area contributed by atoms with Crippen LogP contribution >= 0.6 is 0 Å². The highest BCUT2D eigenvalue weighted by Gasteiger charge is 2.28. The summed E-state index contributed by atoms with van der Waals surface area (Å²) in [4.78, 5) is 20.8. The van der Waals surface area contributed by atoms with Gasteiger partial charge in [-0.2, -0.15) is 15.5 Å². The van der Waals surface area contributed by atoms with Gasteiger partial charge >= 0.3 is 6.03 Å². The highest BCUT2D eigenvalue weighted by molar-refractivity contribution is 5.79. The number of carbonyl (C=O) groups is 1. The van der Waals surface area contributed by atoms with Crippen molar-refractivity contribution in [1.29, 1.82) is 5.26 Å². The Morgan fingerprint density at radius 3 is 2.86 bits per heavy atom. The van der Waals surface area contributed by atoms with Crippen LogP contribution in [0, 0.1) is 31.0 Å². The number of halogens is 2. The Morgan fingerprint density at radius 1 is 1.40 bits per heavy atom. The van der Waals surface area contributed by atoms with Crippen molar-refractivity contribution in [1.82, 2.24) is 30.5 Å². The number of aromatic nitrogens is 4. The second-order valence-electron chi connectivity index (χ2n) is 7.80. The van der Waals surface area contributed by atoms with E-state index in [4.69, 9.17) is 5.26 Å². The van der Waals surface area contributed by atoms with E-state index in [9.17, 15) is 13.6 Å². The number of nitrogens with one attached hydrogen (secondary N) is 3. The molecule has 0 aromatic carbocycles. The van der Waals surface area contributed by atoms with Crippen LogP contribution in [0.15, 0.2) is 47.0 Å². The van der Waals surface area contributed by atoms with Gasteiger partial charge in [0.1, 0.15) is 11.5 Å². The summed E-state index contributed by atoms with van der Waals surface area (Å²) < 4.78 is 28.3. The molecular formula is C23H25F2N9O. The Bertz CT molecular complexity index is 1240. The molecule has 10 nitrogen and oxygen atoms in total. The van der Waals surface area contributed by atoms with E-state index in [-0.39, 0.29) is 30.3 Å². The number of hydrogen-bond acceptors (Lipinski definition) is 7. The molecule has 182 valence electrons. The van der Waals surface area contributed by atoms with Gasteiger partial charge in [0.2, 0.25) is 5.95 Å². The first kappa shape index (κ1) is 25.2. The third-order valence-corrected chi connectivity index (χ3v) is 5.11. The van der Waals surface area contributed by atoms with Crippen molar-refractivity contribution in [2.45, 2.75) is 33.2 Å². The first-order valence-electron chi connectivity index (χ1n) is 10.7. The van der Waals surface area contributed by atoms with Crippen LogP contribution in [-0.2, 0) is 0 Å². The Hall–Kier alpha value is -4.40. The number of carbonyl (C=O) groups excluding carboxylic acids is 1. The Kier molecular flexibility index (Phi) is 8.04. The number of hydrogen-bond donors (Lipinski definition) is 3. The molecule has 0 saturated heterocycles. The van der Waals surface area contributed by atoms with E-state index >= 15 is 0 Å². The molecule has 35 heavy (non-hydrogen) atoms. The SMILES string of the molecule is C=C(/C=C(F)\C=C(/C)C#N)[C@@H]1CC=NN1C(=O)NCCNc1ncc(F)c(-c2c(C)n[nH]c2C)n1. The second-order valence-corrected chi connectivity index (χ2v) is 7.80. The van der Waals surface area contributed by atoms with E-state index in [2.05, 4.69) is 42.5 Å². The van der Waals surface area contributed by atoms with Crippen LogP contribution in [0.1, 0.15) is 24.7 Å². The lowest BCUT2D eigenvalue weighted by Crippen LogP contribution is -2.42. The van der Waals surface area contributed by atoms with E-state index < -0.39 is 23.7 Å². The van der Waals surface area contributed by atoms with Crippen LogP contribution in [0.5, 0.6) is 0 Å². The van der Waals surface area contributed by atoms with E-state index in [1.807, 2.05) is 6.07 Å². The molecular weight excluding hydrogens is 456 g/mol. The molecule has 3 N–H and O–H groups in total. The average molecular weight is 482 g/mol. The molecule has 0 saturated carbocycles. The van der Waals surface area contributed by atoms with Gasteiger partial charge < -0.3 is 10.6 Å². The number of hydrazone groups is 1. The number of nitriles is 1. The predicted octanol–water partition coefficient (Wildman–Crippen LogP) is 3.68. The number of rotatable bonds is 8. The van der Waals surface area contributed by atoms with Crippen molar-refractivity contribution in [3.8, 4) is 17.3 Å². The maximum absolute atomic E-state index is 14.3. The fourth-order valence-corrected chi connectivity index (χ4v) is 3.42. The molecule has 1 aliphatic heterocycles. The van der Waals surface area contributed by atoms with Gasteiger partial charge in [0.25, 0.3) is 0 Å². The highest BCUT2D eigenvalue weighted by atomic mass is 19.1. The fraction of sp³-hybridized carbons (Fsp3) is 0.304. The summed E-state index contributed by atoms with van der Waals surface area (Å²) in [7, 11) is 0. The molecule has 0 radical (unpaired) electrons. The summed E-state index contributed by atoms with van der Waals surface area (Å²) in [6.45, 7) is 9.29. The lowest BCUT2D eigenvalue weighted by Gasteiger charge is -2.22. The van der Waals surface area contributed by atoms with Gasteiger partial charge in [-0.25, -0.2) is 28.6 Å². The third-order valence-electron chi connectivity index (χ3n) is 5.11. The molecule has 2 aromatic heterocycles. The molecule has 0 spiro atoms. The van der Waals surface area contributed by atoms with Crippen LogP contribution in [0.25, 0.3) is 11.3 Å². The molecule has 2 aromatic rings. The Balaban J connectivity index is 1.56. The number of H-pyrrole nitrogens is 1. The van der Waals surface area contributed by atoms with Crippen molar-refractivity contribution in [3.63, 3.8) is 0 Å². The maximum atomic E-state index is 14.3. The van der Waals surface area contributed by atoms with Crippen molar-refractivity contribution < 1.29 is 13.6 Å². The Labute approximate surface area is 201 Å². The quantitative estimate of drug-likeness (QED) is 0.299. The summed E-state index contributed by atoms with van der Waals surface area (Å²) in [6.07, 6.45) is 5.27. The third kappa shape index (κ3) is 6.14. The van der Waals surface area contributed by atoms with Gasteiger partial charge in [0.05, 0.1) is 24.0 Å². The van der Waals surface area contributed by atoms with Gasteiger partial charge in [-0.05, 0) is 38.5 Å². The molecule has 3 heterocycles. The highest BCUT2D eigenvalue weighted by Crippen LogP contribution is 2.26. The fourth-order valence-electron chi connectivity index (χ4n) is 3.42. The molecule has 1 atom stereocenters. The van der Waals surface area contributed by atoms with Gasteiger partial charge in [0.15, 0.2) is 5.82 Å². The number of aryl methyl sites for hydroxylation is 2. The first-order valence-corrected chi connectivity index (χ1v) is 10.7. The molecule has 0 aliphatic carbocycles. The topological polar surface area (TPSA) is 135 Å². The molecule has 12 heteroatoms. The number of allylic oxidation sites excluding steroid dienone is 3. The minimum atomic E-state index is -0.634. The lowest BCUT2D eigenvalue weighted by atomic mass is 10.1. The van der Waals surface area contributed by atoms with E-state index in [0.29, 0.717) is 28.9 Å². The number of amides is 2. The van der Waals surface area contributed by atoms with E-state index in [0.717, 1.165) is 12.3 Å². The zero-order chi connectivity index (χ0) is 25.5. The summed E-state index contributed by atoms with van der Waals surface area (Å²) >= 11 is 0. The van der Waals surface area contributed by atoms with Crippen LogP contribution < -0.4 is 10.6 Å². The maximum Gasteiger partial charge on any atom is 0.338 e. The summed E-state index contributed by atoms with van der Waals surface area (Å²) in [5.41, 5.74) is 2.56. The van der Waals surface area contributed by atoms with Gasteiger partial charge in [0, 0.05) is 42.6 Å². The molecule has 0 fully saturated rings. The molecule has 2 amide bonds. The largest absolute Gasteiger partial charge is 0.352 e. The van der Waals surface area contributed by atoms with Crippen molar-refractivity contribution >= 4 is 18.2 Å². The van der Waals surface area contributed by atoms with E-state index in [1.165, 1.54) is 18.0 Å². The van der Waals surface area contributed by atoms with Crippen LogP contribution in [-0.4, -0.2) is 56.6 Å². The Morgan fingerprint density at radius 2 is 2.17 bits per heavy atom. The minimum absolute atomic E-state index is 0.128. The predicted molar refractivity (Wildman–Crippen MR) is 127 cm³/mol. The zero-order valence-electron chi connectivity index (χ0n) is 19.6.